The van der Waals surface area contributed by atoms with Crippen LogP contribution < -0.4 is 4.72 Å². The van der Waals surface area contributed by atoms with E-state index in [1.54, 1.807) is 18.2 Å². The molecular weight excluding hydrogens is 362 g/mol. The van der Waals surface area contributed by atoms with Crippen LogP contribution in [-0.2, 0) is 10.0 Å². The van der Waals surface area contributed by atoms with Crippen LogP contribution in [0.2, 0.25) is 5.02 Å². The molecule has 9 heteroatoms. The number of H-pyrrole nitrogens is 1. The zero-order valence-electron chi connectivity index (χ0n) is 12.7. The summed E-state index contributed by atoms with van der Waals surface area (Å²) in [6.07, 6.45) is 2.78. The number of nitrogens with zero attached hydrogens (tertiary/aromatic N) is 3. The molecule has 126 valence electrons. The molecule has 0 atom stereocenters. The molecule has 0 aliphatic carbocycles. The summed E-state index contributed by atoms with van der Waals surface area (Å²) >= 11 is 5.93. The third-order valence-electron chi connectivity index (χ3n) is 3.61. The number of aromatic nitrogens is 4. The Bertz CT molecular complexity index is 1150. The third-order valence-corrected chi connectivity index (χ3v) is 5.24. The van der Waals surface area contributed by atoms with Crippen LogP contribution in [0.3, 0.4) is 0 Å². The van der Waals surface area contributed by atoms with Gasteiger partial charge in [0.05, 0.1) is 11.9 Å². The normalized spacial score (nSPS) is 11.7. The maximum absolute atomic E-state index is 12.7. The summed E-state index contributed by atoms with van der Waals surface area (Å²) in [4.78, 5) is 4.38. The summed E-state index contributed by atoms with van der Waals surface area (Å²) in [7, 11) is -3.82. The average Bonchev–Trinajstić information content (AvgIpc) is 3.22. The van der Waals surface area contributed by atoms with Crippen molar-refractivity contribution in [2.45, 2.75) is 4.90 Å². The highest BCUT2D eigenvalue weighted by molar-refractivity contribution is 7.93. The number of halogens is 1. The highest BCUT2D eigenvalue weighted by Gasteiger charge is 2.20. The van der Waals surface area contributed by atoms with Gasteiger partial charge in [0.2, 0.25) is 0 Å². The van der Waals surface area contributed by atoms with E-state index in [1.807, 2.05) is 30.3 Å². The Kier molecular flexibility index (Phi) is 3.70. The molecule has 2 heterocycles. The SMILES string of the molecule is O=S(=O)(Nc1cnn(-c2ccccc2)n1)c1c[nH]c2cc(Cl)ccc12. The van der Waals surface area contributed by atoms with Crippen LogP contribution in [0.4, 0.5) is 5.82 Å². The summed E-state index contributed by atoms with van der Waals surface area (Å²) in [6, 6.07) is 14.2. The zero-order chi connectivity index (χ0) is 17.4. The molecule has 0 aliphatic rings. The number of sulfonamides is 1. The molecule has 0 spiro atoms. The number of para-hydroxylation sites is 1. The second kappa shape index (κ2) is 5.91. The van der Waals surface area contributed by atoms with Gasteiger partial charge in [0, 0.05) is 22.1 Å². The Hall–Kier alpha value is -2.84. The van der Waals surface area contributed by atoms with Crippen molar-refractivity contribution in [2.24, 2.45) is 0 Å². The van der Waals surface area contributed by atoms with Crippen LogP contribution in [0.25, 0.3) is 16.6 Å². The second-order valence-electron chi connectivity index (χ2n) is 5.30. The van der Waals surface area contributed by atoms with Gasteiger partial charge >= 0.3 is 0 Å². The fourth-order valence-corrected chi connectivity index (χ4v) is 3.81. The van der Waals surface area contributed by atoms with Crippen molar-refractivity contribution in [2.75, 3.05) is 4.72 Å². The monoisotopic (exact) mass is 373 g/mol. The van der Waals surface area contributed by atoms with Crippen LogP contribution in [0, 0.1) is 0 Å². The lowest BCUT2D eigenvalue weighted by Gasteiger charge is -2.04. The summed E-state index contributed by atoms with van der Waals surface area (Å²) in [5, 5.41) is 9.31. The number of rotatable bonds is 4. The van der Waals surface area contributed by atoms with E-state index in [9.17, 15) is 8.42 Å². The fourth-order valence-electron chi connectivity index (χ4n) is 2.48. The lowest BCUT2D eigenvalue weighted by Crippen LogP contribution is -2.13. The first kappa shape index (κ1) is 15.7. The summed E-state index contributed by atoms with van der Waals surface area (Å²) < 4.78 is 27.8. The van der Waals surface area contributed by atoms with Crippen LogP contribution in [0.5, 0.6) is 0 Å². The molecule has 7 nitrogen and oxygen atoms in total. The van der Waals surface area contributed by atoms with E-state index in [-0.39, 0.29) is 10.7 Å². The van der Waals surface area contributed by atoms with Crippen molar-refractivity contribution >= 4 is 38.3 Å². The van der Waals surface area contributed by atoms with Gasteiger partial charge in [0.25, 0.3) is 10.0 Å². The molecule has 0 saturated heterocycles. The smallest absolute Gasteiger partial charge is 0.265 e. The maximum atomic E-state index is 12.7. The van der Waals surface area contributed by atoms with E-state index in [2.05, 4.69) is 19.9 Å². The largest absolute Gasteiger partial charge is 0.360 e. The van der Waals surface area contributed by atoms with Crippen molar-refractivity contribution in [3.05, 3.63) is 65.9 Å². The van der Waals surface area contributed by atoms with Gasteiger partial charge in [-0.05, 0) is 30.3 Å². The Morgan fingerprint density at radius 1 is 1.12 bits per heavy atom. The number of anilines is 1. The van der Waals surface area contributed by atoms with Crippen molar-refractivity contribution in [1.29, 1.82) is 0 Å². The van der Waals surface area contributed by atoms with Gasteiger partial charge in [-0.1, -0.05) is 29.8 Å². The van der Waals surface area contributed by atoms with Crippen molar-refractivity contribution in [3.63, 3.8) is 0 Å². The molecule has 0 radical (unpaired) electrons. The minimum atomic E-state index is -3.82. The van der Waals surface area contributed by atoms with Crippen LogP contribution in [0.1, 0.15) is 0 Å². The summed E-state index contributed by atoms with van der Waals surface area (Å²) in [5.74, 6) is 0.132. The standard InChI is InChI=1S/C16H12ClN5O2S/c17-11-6-7-13-14(8-11)18-9-15(13)25(23,24)21-16-10-19-22(20-16)12-4-2-1-3-5-12/h1-10,18H,(H,20,21). The van der Waals surface area contributed by atoms with Gasteiger partial charge in [-0.15, -0.1) is 9.90 Å². The first-order valence-corrected chi connectivity index (χ1v) is 9.16. The van der Waals surface area contributed by atoms with Crippen LogP contribution in [0.15, 0.2) is 65.8 Å². The van der Waals surface area contributed by atoms with Gasteiger partial charge < -0.3 is 4.98 Å². The molecule has 0 aliphatic heterocycles. The second-order valence-corrected chi connectivity index (χ2v) is 7.39. The van der Waals surface area contributed by atoms with Gasteiger partial charge in [0.1, 0.15) is 4.90 Å². The highest BCUT2D eigenvalue weighted by Crippen LogP contribution is 2.26. The number of hydrogen-bond donors (Lipinski definition) is 2. The van der Waals surface area contributed by atoms with Crippen molar-refractivity contribution in [3.8, 4) is 5.69 Å². The average molecular weight is 374 g/mol. The Morgan fingerprint density at radius 2 is 1.92 bits per heavy atom. The molecule has 0 bridgehead atoms. The van der Waals surface area contributed by atoms with Gasteiger partial charge in [0.15, 0.2) is 5.82 Å². The minimum Gasteiger partial charge on any atom is -0.360 e. The topological polar surface area (TPSA) is 92.7 Å². The molecular formula is C16H12ClN5O2S. The van der Waals surface area contributed by atoms with Crippen LogP contribution >= 0.6 is 11.6 Å². The molecule has 25 heavy (non-hydrogen) atoms. The fraction of sp³-hybridized carbons (Fsp3) is 0. The number of benzene rings is 2. The number of fused-ring (bicyclic) bond motifs is 1. The summed E-state index contributed by atoms with van der Waals surface area (Å²) in [5.41, 5.74) is 1.37. The quantitative estimate of drug-likeness (QED) is 0.574. The highest BCUT2D eigenvalue weighted by atomic mass is 35.5. The van der Waals surface area contributed by atoms with Crippen molar-refractivity contribution < 1.29 is 8.42 Å². The van der Waals surface area contributed by atoms with E-state index < -0.39 is 10.0 Å². The molecule has 4 rings (SSSR count). The molecule has 2 aromatic heterocycles. The lowest BCUT2D eigenvalue weighted by molar-refractivity contribution is 0.601. The summed E-state index contributed by atoms with van der Waals surface area (Å²) in [6.45, 7) is 0. The predicted molar refractivity (Wildman–Crippen MR) is 95.5 cm³/mol. The number of hydrogen-bond acceptors (Lipinski definition) is 4. The van der Waals surface area contributed by atoms with Crippen molar-refractivity contribution in [1.82, 2.24) is 20.0 Å². The Labute approximate surface area is 148 Å². The van der Waals surface area contributed by atoms with Gasteiger partial charge in [-0.2, -0.15) is 5.10 Å². The van der Waals surface area contributed by atoms with E-state index in [0.29, 0.717) is 15.9 Å². The Morgan fingerprint density at radius 3 is 2.72 bits per heavy atom. The molecule has 0 unspecified atom stereocenters. The molecule has 0 saturated carbocycles. The molecule has 2 N–H and O–H groups in total. The third kappa shape index (κ3) is 2.97. The first-order valence-electron chi connectivity index (χ1n) is 7.30. The molecule has 0 fully saturated rings. The maximum Gasteiger partial charge on any atom is 0.265 e. The van der Waals surface area contributed by atoms with Gasteiger partial charge in [-0.3, -0.25) is 4.72 Å². The molecule has 4 aromatic rings. The van der Waals surface area contributed by atoms with E-state index in [0.717, 1.165) is 5.69 Å². The Balaban J connectivity index is 1.66. The number of nitrogens with one attached hydrogen (secondary N) is 2. The predicted octanol–water partition coefficient (Wildman–Crippen LogP) is 3.20. The zero-order valence-corrected chi connectivity index (χ0v) is 14.3. The molecule has 2 aromatic carbocycles. The van der Waals surface area contributed by atoms with E-state index in [4.69, 9.17) is 11.6 Å². The van der Waals surface area contributed by atoms with Gasteiger partial charge in [-0.25, -0.2) is 8.42 Å². The number of aromatic amines is 1. The first-order chi connectivity index (χ1) is 12.0. The van der Waals surface area contributed by atoms with E-state index >= 15 is 0 Å². The minimum absolute atomic E-state index is 0.119. The van der Waals surface area contributed by atoms with Crippen LogP contribution in [-0.4, -0.2) is 28.4 Å². The molecule has 0 amide bonds. The van der Waals surface area contributed by atoms with E-state index in [1.165, 1.54) is 17.2 Å². The lowest BCUT2D eigenvalue weighted by atomic mass is 10.2.